The molecule has 0 aliphatic carbocycles. The highest BCUT2D eigenvalue weighted by molar-refractivity contribution is 7.89. The van der Waals surface area contributed by atoms with Gasteiger partial charge in [-0.05, 0) is 29.8 Å². The lowest BCUT2D eigenvalue weighted by molar-refractivity contribution is -0.384. The van der Waals surface area contributed by atoms with Crippen LogP contribution in [0.15, 0.2) is 53.7 Å². The smallest absolute Gasteiger partial charge is 0.269 e. The molecule has 2 heterocycles. The van der Waals surface area contributed by atoms with Crippen LogP contribution in [0.4, 0.5) is 5.69 Å². The highest BCUT2D eigenvalue weighted by atomic mass is 32.2. The number of aromatic nitrogens is 1. The summed E-state index contributed by atoms with van der Waals surface area (Å²) in [6.07, 6.45) is 3.25. The van der Waals surface area contributed by atoms with Crippen molar-refractivity contribution < 1.29 is 13.3 Å². The number of pyridine rings is 1. The van der Waals surface area contributed by atoms with E-state index in [1.165, 1.54) is 28.6 Å². The monoisotopic (exact) mass is 348 g/mol. The van der Waals surface area contributed by atoms with Gasteiger partial charge in [-0.1, -0.05) is 0 Å². The van der Waals surface area contributed by atoms with Gasteiger partial charge < -0.3 is 5.32 Å². The predicted molar refractivity (Wildman–Crippen MR) is 86.8 cm³/mol. The zero-order chi connectivity index (χ0) is 17.2. The Bertz CT molecular complexity index is 824. The topological polar surface area (TPSA) is 105 Å². The summed E-state index contributed by atoms with van der Waals surface area (Å²) in [5.41, 5.74) is 0.711. The van der Waals surface area contributed by atoms with E-state index in [-0.39, 0.29) is 16.6 Å². The average molecular weight is 348 g/mol. The molecule has 24 heavy (non-hydrogen) atoms. The van der Waals surface area contributed by atoms with Gasteiger partial charge in [-0.25, -0.2) is 8.42 Å². The second-order valence-corrected chi connectivity index (χ2v) is 7.26. The first-order valence-corrected chi connectivity index (χ1v) is 8.81. The van der Waals surface area contributed by atoms with E-state index >= 15 is 0 Å². The number of hydrogen-bond donors (Lipinski definition) is 1. The molecule has 1 aromatic heterocycles. The van der Waals surface area contributed by atoms with Crippen LogP contribution >= 0.6 is 0 Å². The van der Waals surface area contributed by atoms with E-state index in [4.69, 9.17) is 0 Å². The van der Waals surface area contributed by atoms with Gasteiger partial charge in [-0.15, -0.1) is 0 Å². The zero-order valence-electron chi connectivity index (χ0n) is 12.7. The predicted octanol–water partition coefficient (Wildman–Crippen LogP) is 1.32. The number of rotatable bonds is 4. The Labute approximate surface area is 139 Å². The number of benzene rings is 1. The van der Waals surface area contributed by atoms with Crippen molar-refractivity contribution in [2.45, 2.75) is 10.9 Å². The first-order chi connectivity index (χ1) is 11.5. The largest absolute Gasteiger partial charge is 0.313 e. The van der Waals surface area contributed by atoms with E-state index in [2.05, 4.69) is 10.3 Å². The van der Waals surface area contributed by atoms with Crippen LogP contribution in [0.25, 0.3) is 0 Å². The summed E-state index contributed by atoms with van der Waals surface area (Å²) in [6, 6.07) is 8.19. The Morgan fingerprint density at radius 3 is 2.46 bits per heavy atom. The third kappa shape index (κ3) is 3.14. The highest BCUT2D eigenvalue weighted by Gasteiger charge is 2.34. The van der Waals surface area contributed by atoms with Crippen molar-refractivity contribution in [2.24, 2.45) is 0 Å². The Kier molecular flexibility index (Phi) is 4.56. The van der Waals surface area contributed by atoms with E-state index in [1.807, 2.05) is 0 Å². The second-order valence-electron chi connectivity index (χ2n) is 5.37. The van der Waals surface area contributed by atoms with Crippen molar-refractivity contribution in [1.82, 2.24) is 14.6 Å². The van der Waals surface area contributed by atoms with Crippen LogP contribution in [0.2, 0.25) is 0 Å². The van der Waals surface area contributed by atoms with Crippen molar-refractivity contribution in [3.63, 3.8) is 0 Å². The van der Waals surface area contributed by atoms with Crippen LogP contribution in [-0.4, -0.2) is 42.3 Å². The molecule has 0 saturated carbocycles. The van der Waals surface area contributed by atoms with Gasteiger partial charge in [0, 0.05) is 44.2 Å². The number of hydrogen-bond acceptors (Lipinski definition) is 6. The summed E-state index contributed by atoms with van der Waals surface area (Å²) in [5, 5.41) is 13.9. The Hall–Kier alpha value is -2.36. The summed E-state index contributed by atoms with van der Waals surface area (Å²) in [6.45, 7) is 1.37. The van der Waals surface area contributed by atoms with Gasteiger partial charge >= 0.3 is 0 Å². The third-order valence-electron chi connectivity index (χ3n) is 3.94. The lowest BCUT2D eigenvalue weighted by atomic mass is 10.1. The van der Waals surface area contributed by atoms with Gasteiger partial charge in [-0.2, -0.15) is 4.31 Å². The van der Waals surface area contributed by atoms with Gasteiger partial charge in [0.2, 0.25) is 10.0 Å². The molecule has 1 saturated heterocycles. The van der Waals surface area contributed by atoms with Gasteiger partial charge in [-0.3, -0.25) is 15.1 Å². The summed E-state index contributed by atoms with van der Waals surface area (Å²) < 4.78 is 27.4. The van der Waals surface area contributed by atoms with Crippen molar-refractivity contribution in [1.29, 1.82) is 0 Å². The number of nitrogens with one attached hydrogen (secondary N) is 1. The molecule has 1 aliphatic heterocycles. The number of nitro benzene ring substituents is 1. The lowest BCUT2D eigenvalue weighted by Gasteiger charge is -2.35. The molecule has 1 fully saturated rings. The maximum absolute atomic E-state index is 13.0. The van der Waals surface area contributed by atoms with Crippen LogP contribution < -0.4 is 5.32 Å². The zero-order valence-corrected chi connectivity index (χ0v) is 13.5. The normalized spacial score (nSPS) is 19.1. The molecule has 0 spiro atoms. The standard InChI is InChI=1S/C15H16N4O4S/c20-19(21)13-1-3-14(4-2-13)24(22,23)18-10-9-17-11-15(18)12-5-7-16-8-6-12/h1-8,15,17H,9-11H2. The van der Waals surface area contributed by atoms with Gasteiger partial charge in [0.1, 0.15) is 0 Å². The molecule has 0 amide bonds. The average Bonchev–Trinajstić information content (AvgIpc) is 2.62. The third-order valence-corrected chi connectivity index (χ3v) is 5.86. The van der Waals surface area contributed by atoms with Crippen LogP contribution in [0, 0.1) is 10.1 Å². The Balaban J connectivity index is 1.95. The molecule has 1 unspecified atom stereocenters. The second kappa shape index (κ2) is 6.63. The number of piperazine rings is 1. The molecular weight excluding hydrogens is 332 g/mol. The minimum Gasteiger partial charge on any atom is -0.313 e. The number of nitro groups is 1. The van der Waals surface area contributed by atoms with Crippen molar-refractivity contribution in [3.8, 4) is 0 Å². The first-order valence-electron chi connectivity index (χ1n) is 7.37. The minimum atomic E-state index is -3.75. The van der Waals surface area contributed by atoms with Crippen molar-refractivity contribution in [2.75, 3.05) is 19.6 Å². The molecule has 1 aliphatic rings. The molecule has 2 aromatic rings. The van der Waals surface area contributed by atoms with E-state index in [0.29, 0.717) is 19.6 Å². The lowest BCUT2D eigenvalue weighted by Crippen LogP contribution is -2.48. The molecule has 1 atom stereocenters. The van der Waals surface area contributed by atoms with E-state index < -0.39 is 14.9 Å². The van der Waals surface area contributed by atoms with Crippen LogP contribution in [0.1, 0.15) is 11.6 Å². The fourth-order valence-electron chi connectivity index (χ4n) is 2.72. The van der Waals surface area contributed by atoms with E-state index in [1.54, 1.807) is 24.5 Å². The molecule has 126 valence electrons. The molecule has 1 aromatic carbocycles. The molecule has 9 heteroatoms. The van der Waals surface area contributed by atoms with Crippen LogP contribution in [0.3, 0.4) is 0 Å². The summed E-state index contributed by atoms with van der Waals surface area (Å²) in [4.78, 5) is 14.2. The number of non-ortho nitro benzene ring substituents is 1. The number of sulfonamides is 1. The highest BCUT2D eigenvalue weighted by Crippen LogP contribution is 2.29. The van der Waals surface area contributed by atoms with Gasteiger partial charge in [0.05, 0.1) is 15.9 Å². The first kappa shape index (κ1) is 16.5. The fourth-order valence-corrected chi connectivity index (χ4v) is 4.33. The summed E-state index contributed by atoms with van der Waals surface area (Å²) >= 11 is 0. The Morgan fingerprint density at radius 2 is 1.83 bits per heavy atom. The minimum absolute atomic E-state index is 0.0501. The SMILES string of the molecule is O=[N+]([O-])c1ccc(S(=O)(=O)N2CCNCC2c2ccncc2)cc1. The quantitative estimate of drug-likeness (QED) is 0.660. The molecule has 0 radical (unpaired) electrons. The Morgan fingerprint density at radius 1 is 1.17 bits per heavy atom. The summed E-state index contributed by atoms with van der Waals surface area (Å²) in [7, 11) is -3.75. The molecular formula is C15H16N4O4S. The van der Waals surface area contributed by atoms with E-state index in [9.17, 15) is 18.5 Å². The molecule has 0 bridgehead atoms. The van der Waals surface area contributed by atoms with Crippen LogP contribution in [0.5, 0.6) is 0 Å². The molecule has 8 nitrogen and oxygen atoms in total. The molecule has 3 rings (SSSR count). The van der Waals surface area contributed by atoms with Gasteiger partial charge in [0.25, 0.3) is 5.69 Å². The van der Waals surface area contributed by atoms with E-state index in [0.717, 1.165) is 5.56 Å². The van der Waals surface area contributed by atoms with Crippen molar-refractivity contribution in [3.05, 3.63) is 64.5 Å². The molecule has 1 N–H and O–H groups in total. The van der Waals surface area contributed by atoms with Gasteiger partial charge in [0.15, 0.2) is 0 Å². The maximum atomic E-state index is 13.0. The summed E-state index contributed by atoms with van der Waals surface area (Å²) in [5.74, 6) is 0. The van der Waals surface area contributed by atoms with Crippen molar-refractivity contribution >= 4 is 15.7 Å². The fraction of sp³-hybridized carbons (Fsp3) is 0.267. The maximum Gasteiger partial charge on any atom is 0.269 e. The number of nitrogens with zero attached hydrogens (tertiary/aromatic N) is 3. The van der Waals surface area contributed by atoms with Crippen LogP contribution in [-0.2, 0) is 10.0 Å².